The number of halogens is 1. The zero-order chi connectivity index (χ0) is 28.2. The molecule has 0 saturated carbocycles. The first kappa shape index (κ1) is 31.1. The van der Waals surface area contributed by atoms with E-state index in [2.05, 4.69) is 37.1 Å². The maximum atomic E-state index is 13.2. The van der Waals surface area contributed by atoms with Gasteiger partial charge in [-0.1, -0.05) is 55.3 Å². The summed E-state index contributed by atoms with van der Waals surface area (Å²) in [5.41, 5.74) is 3.69. The Morgan fingerprint density at radius 3 is 2.63 bits per heavy atom. The average molecular weight is 600 g/mol. The fourth-order valence-electron chi connectivity index (χ4n) is 4.70. The van der Waals surface area contributed by atoms with Gasteiger partial charge in [0, 0.05) is 37.4 Å². The monoisotopic (exact) mass is 599 g/mol. The normalized spacial score (nSPS) is 11.7. The number of carbonyl (C=O) groups is 2. The third kappa shape index (κ3) is 6.79. The number of carbonyl (C=O) groups excluding carboxylic acids is 2. The minimum atomic E-state index is -1.07. The number of benzene rings is 2. The van der Waals surface area contributed by atoms with Gasteiger partial charge in [0.1, 0.15) is 5.82 Å². The third-order valence-corrected chi connectivity index (χ3v) is 6.69. The number of ether oxygens (including phenoxy) is 2. The number of aromatic nitrogens is 7. The Hall–Kier alpha value is -2.87. The van der Waals surface area contributed by atoms with Gasteiger partial charge in [-0.15, -0.1) is 0 Å². The molecule has 3 aromatic heterocycles. The van der Waals surface area contributed by atoms with Crippen molar-refractivity contribution in [1.82, 2.24) is 34.7 Å². The molecule has 0 amide bonds. The van der Waals surface area contributed by atoms with Crippen molar-refractivity contribution in [2.24, 2.45) is 0 Å². The summed E-state index contributed by atoms with van der Waals surface area (Å²) >= 11 is 6.48. The molecule has 5 rings (SSSR count). The molecule has 0 aliphatic rings. The number of nitrogens with zero attached hydrogens (tertiary/aromatic N) is 7. The molecular formula is C28H27ClKN7O4. The topological polar surface area (TPSA) is 128 Å². The molecule has 1 atom stereocenters. The van der Waals surface area contributed by atoms with E-state index in [0.29, 0.717) is 24.6 Å². The van der Waals surface area contributed by atoms with Gasteiger partial charge in [-0.25, -0.2) is 14.9 Å². The van der Waals surface area contributed by atoms with Crippen LogP contribution in [-0.4, -0.2) is 47.8 Å². The van der Waals surface area contributed by atoms with Crippen LogP contribution in [0, 0.1) is 0 Å². The predicted octanol–water partition coefficient (Wildman–Crippen LogP) is 1.75. The van der Waals surface area contributed by atoms with E-state index in [4.69, 9.17) is 21.1 Å². The van der Waals surface area contributed by atoms with Crippen LogP contribution in [0.2, 0.25) is 5.15 Å². The molecule has 11 nitrogen and oxygen atoms in total. The number of hydrogen-bond donors (Lipinski definition) is 0. The number of unbranched alkanes of at least 4 members (excludes halogenated alkanes) is 1. The summed E-state index contributed by atoms with van der Waals surface area (Å²) in [4.78, 5) is 29.0. The Labute approximate surface area is 284 Å². The second-order valence-corrected chi connectivity index (χ2v) is 9.55. The SMILES string of the molecule is CCCCc1nc(Cl)c(C(=O)OC(C)OC(C)=O)n1Cc1cccc2c1ccn2-c1ccccc1-c1nn[n-]n1.[K+]. The number of tetrazole rings is 1. The fraction of sp³-hybridized carbons (Fsp3) is 0.286. The molecule has 2 aromatic carbocycles. The third-order valence-electron chi connectivity index (χ3n) is 6.43. The molecule has 0 N–H and O–H groups in total. The van der Waals surface area contributed by atoms with Crippen LogP contribution in [0.25, 0.3) is 28.0 Å². The first-order valence-corrected chi connectivity index (χ1v) is 13.3. The van der Waals surface area contributed by atoms with E-state index in [-0.39, 0.29) is 62.2 Å². The van der Waals surface area contributed by atoms with Gasteiger partial charge >= 0.3 is 63.3 Å². The van der Waals surface area contributed by atoms with Gasteiger partial charge in [0.25, 0.3) is 0 Å². The van der Waals surface area contributed by atoms with E-state index in [1.54, 1.807) is 4.57 Å². The molecule has 0 aliphatic carbocycles. The molecular weight excluding hydrogens is 573 g/mol. The minimum Gasteiger partial charge on any atom is -0.426 e. The molecule has 0 aliphatic heterocycles. The molecule has 1 unspecified atom stereocenters. The number of fused-ring (bicyclic) bond motifs is 1. The minimum absolute atomic E-state index is 0. The van der Waals surface area contributed by atoms with E-state index < -0.39 is 18.2 Å². The summed E-state index contributed by atoms with van der Waals surface area (Å²) < 4.78 is 14.2. The summed E-state index contributed by atoms with van der Waals surface area (Å²) in [6.45, 7) is 5.13. The number of esters is 2. The van der Waals surface area contributed by atoms with Crippen molar-refractivity contribution in [1.29, 1.82) is 0 Å². The first-order valence-electron chi connectivity index (χ1n) is 12.9. The zero-order valence-corrected chi connectivity index (χ0v) is 27.1. The Kier molecular flexibility index (Phi) is 10.5. The van der Waals surface area contributed by atoms with Crippen LogP contribution in [0.4, 0.5) is 0 Å². The molecule has 0 saturated heterocycles. The van der Waals surface area contributed by atoms with Gasteiger partial charge in [0.05, 0.1) is 23.6 Å². The van der Waals surface area contributed by atoms with E-state index >= 15 is 0 Å². The van der Waals surface area contributed by atoms with Gasteiger partial charge < -0.3 is 23.7 Å². The van der Waals surface area contributed by atoms with Crippen molar-refractivity contribution in [2.75, 3.05) is 0 Å². The molecule has 0 bridgehead atoms. The Balaban J connectivity index is 0.00000387. The molecule has 5 aromatic rings. The van der Waals surface area contributed by atoms with Crippen molar-refractivity contribution in [2.45, 2.75) is 52.9 Å². The van der Waals surface area contributed by atoms with E-state index in [1.807, 2.05) is 54.7 Å². The van der Waals surface area contributed by atoms with Crippen molar-refractivity contribution in [3.63, 3.8) is 0 Å². The number of rotatable bonds is 10. The van der Waals surface area contributed by atoms with Crippen molar-refractivity contribution >= 4 is 34.4 Å². The molecule has 41 heavy (non-hydrogen) atoms. The second kappa shape index (κ2) is 13.9. The molecule has 13 heteroatoms. The van der Waals surface area contributed by atoms with Gasteiger partial charge in [-0.3, -0.25) is 15.2 Å². The maximum Gasteiger partial charge on any atom is 1.00 e. The molecule has 206 valence electrons. The van der Waals surface area contributed by atoms with Gasteiger partial charge in [-0.2, -0.15) is 0 Å². The van der Waals surface area contributed by atoms with Crippen LogP contribution in [0.3, 0.4) is 0 Å². The van der Waals surface area contributed by atoms with Gasteiger partial charge in [0.2, 0.25) is 6.29 Å². The van der Waals surface area contributed by atoms with Crippen LogP contribution < -0.4 is 56.6 Å². The van der Waals surface area contributed by atoms with E-state index in [0.717, 1.165) is 40.6 Å². The number of hydrogen-bond acceptors (Lipinski definition) is 8. The summed E-state index contributed by atoms with van der Waals surface area (Å²) in [6.07, 6.45) is 3.36. The molecule has 3 heterocycles. The molecule has 0 fully saturated rings. The van der Waals surface area contributed by atoms with E-state index in [9.17, 15) is 9.59 Å². The van der Waals surface area contributed by atoms with Gasteiger partial charge in [-0.05, 0) is 30.2 Å². The summed E-state index contributed by atoms with van der Waals surface area (Å²) in [6, 6.07) is 15.8. The first-order chi connectivity index (χ1) is 19.4. The van der Waals surface area contributed by atoms with E-state index in [1.165, 1.54) is 13.8 Å². The Morgan fingerprint density at radius 2 is 1.90 bits per heavy atom. The Morgan fingerprint density at radius 1 is 1.10 bits per heavy atom. The van der Waals surface area contributed by atoms with Crippen LogP contribution >= 0.6 is 11.6 Å². The predicted molar refractivity (Wildman–Crippen MR) is 147 cm³/mol. The van der Waals surface area contributed by atoms with Crippen molar-refractivity contribution < 1.29 is 70.4 Å². The summed E-state index contributed by atoms with van der Waals surface area (Å²) in [5, 5.41) is 16.3. The molecule has 0 spiro atoms. The number of para-hydroxylation sites is 1. The van der Waals surface area contributed by atoms with Crippen LogP contribution in [-0.2, 0) is 27.2 Å². The fourth-order valence-corrected chi connectivity index (χ4v) is 4.97. The van der Waals surface area contributed by atoms with Gasteiger partial charge in [0.15, 0.2) is 10.8 Å². The smallest absolute Gasteiger partial charge is 0.426 e. The zero-order valence-electron chi connectivity index (χ0n) is 23.2. The van der Waals surface area contributed by atoms with Crippen LogP contribution in [0.1, 0.15) is 55.5 Å². The second-order valence-electron chi connectivity index (χ2n) is 9.19. The average Bonchev–Trinajstić information content (AvgIpc) is 3.67. The molecule has 0 radical (unpaired) electrons. The Bertz CT molecular complexity index is 1670. The number of imidazole rings is 1. The van der Waals surface area contributed by atoms with Crippen molar-refractivity contribution in [3.05, 3.63) is 77.0 Å². The largest absolute Gasteiger partial charge is 1.00 e. The summed E-state index contributed by atoms with van der Waals surface area (Å²) in [5.74, 6) is -0.161. The van der Waals surface area contributed by atoms with Crippen LogP contribution in [0.15, 0.2) is 54.7 Å². The van der Waals surface area contributed by atoms with Crippen molar-refractivity contribution in [3.8, 4) is 17.1 Å². The standard InChI is InChI=1S/C28H27ClN7O4.K/c1-4-5-13-24-30-26(29)25(28(38)40-18(3)39-17(2)37)36(24)16-19-9-8-12-22-20(19)14-15-35(22)23-11-7-6-10-21(23)27-31-33-34-32-27;/h6-12,14-15,18H,4-5,13,16H2,1-3H3;/q-1;+1. The van der Waals surface area contributed by atoms with Crippen LogP contribution in [0.5, 0.6) is 0 Å². The number of aryl methyl sites for hydroxylation is 1. The quantitative estimate of drug-likeness (QED) is 0.134. The summed E-state index contributed by atoms with van der Waals surface area (Å²) in [7, 11) is 0. The maximum absolute atomic E-state index is 13.2.